The highest BCUT2D eigenvalue weighted by atomic mass is 32.2. The molecule has 0 spiro atoms. The van der Waals surface area contributed by atoms with E-state index in [2.05, 4.69) is 5.10 Å². The molecule has 0 atom stereocenters. The van der Waals surface area contributed by atoms with Gasteiger partial charge < -0.3 is 4.74 Å². The summed E-state index contributed by atoms with van der Waals surface area (Å²) in [5.41, 5.74) is 0.756. The van der Waals surface area contributed by atoms with Crippen molar-refractivity contribution in [2.24, 2.45) is 5.10 Å². The van der Waals surface area contributed by atoms with Crippen LogP contribution in [0.1, 0.15) is 13.3 Å². The summed E-state index contributed by atoms with van der Waals surface area (Å²) in [6.45, 7) is 2.17. The first-order valence-corrected chi connectivity index (χ1v) is 5.29. The van der Waals surface area contributed by atoms with Gasteiger partial charge in [-0.3, -0.25) is 10.2 Å². The predicted molar refractivity (Wildman–Crippen MR) is 56.6 cm³/mol. The average Bonchev–Trinajstić information content (AvgIpc) is 2.12. The highest BCUT2D eigenvalue weighted by molar-refractivity contribution is 8.14. The van der Waals surface area contributed by atoms with Crippen LogP contribution < -0.4 is 0 Å². The predicted octanol–water partition coefficient (Wildman–Crippen LogP) is 0.909. The monoisotopic (exact) mass is 215 g/mol. The Morgan fingerprint density at radius 1 is 1.79 bits per heavy atom. The summed E-state index contributed by atoms with van der Waals surface area (Å²) < 4.78 is 4.81. The molecule has 0 aliphatic carbocycles. The van der Waals surface area contributed by atoms with E-state index in [1.807, 2.05) is 0 Å². The van der Waals surface area contributed by atoms with Gasteiger partial charge in [0.1, 0.15) is 0 Å². The van der Waals surface area contributed by atoms with E-state index in [9.17, 15) is 4.79 Å². The molecule has 78 valence electrons. The number of amidine groups is 1. The van der Waals surface area contributed by atoms with Crippen molar-refractivity contribution < 1.29 is 9.53 Å². The van der Waals surface area contributed by atoms with Crippen LogP contribution in [0.2, 0.25) is 0 Å². The van der Waals surface area contributed by atoms with Crippen molar-refractivity contribution in [2.45, 2.75) is 13.3 Å². The maximum absolute atomic E-state index is 11.1. The van der Waals surface area contributed by atoms with E-state index in [4.69, 9.17) is 10.1 Å². The molecule has 0 fully saturated rings. The van der Waals surface area contributed by atoms with Gasteiger partial charge in [0.05, 0.1) is 18.7 Å². The number of esters is 1. The number of thioether (sulfide) groups is 1. The van der Waals surface area contributed by atoms with Gasteiger partial charge in [0, 0.05) is 12.8 Å². The van der Waals surface area contributed by atoms with Crippen LogP contribution >= 0.6 is 11.8 Å². The standard InChI is InChI=1S/C8H13N3O2S/c1-3-13-7(12)4-6-5-14-8(9)11(2)10-6/h9H,3-5H2,1-2H3. The fourth-order valence-electron chi connectivity index (χ4n) is 0.997. The van der Waals surface area contributed by atoms with Gasteiger partial charge in [0.2, 0.25) is 0 Å². The molecule has 6 heteroatoms. The summed E-state index contributed by atoms with van der Waals surface area (Å²) in [6, 6.07) is 0. The maximum atomic E-state index is 11.1. The Morgan fingerprint density at radius 2 is 2.50 bits per heavy atom. The van der Waals surface area contributed by atoms with Crippen molar-refractivity contribution in [2.75, 3.05) is 19.4 Å². The lowest BCUT2D eigenvalue weighted by atomic mass is 10.3. The third-order valence-corrected chi connectivity index (χ3v) is 2.63. The molecule has 1 rings (SSSR count). The molecule has 1 aliphatic heterocycles. The molecule has 1 heterocycles. The Labute approximate surface area is 87.0 Å². The van der Waals surface area contributed by atoms with Crippen molar-refractivity contribution in [3.63, 3.8) is 0 Å². The van der Waals surface area contributed by atoms with E-state index in [1.165, 1.54) is 16.8 Å². The Balaban J connectivity index is 2.49. The van der Waals surface area contributed by atoms with Crippen molar-refractivity contribution in [3.8, 4) is 0 Å². The average molecular weight is 215 g/mol. The summed E-state index contributed by atoms with van der Waals surface area (Å²) in [5.74, 6) is 0.343. The first-order chi connectivity index (χ1) is 6.63. The van der Waals surface area contributed by atoms with Gasteiger partial charge in [-0.05, 0) is 6.92 Å². The quantitative estimate of drug-likeness (QED) is 0.711. The van der Waals surface area contributed by atoms with E-state index >= 15 is 0 Å². The zero-order chi connectivity index (χ0) is 10.6. The van der Waals surface area contributed by atoms with Gasteiger partial charge in [-0.25, -0.2) is 5.01 Å². The molecular weight excluding hydrogens is 202 g/mol. The summed E-state index contributed by atoms with van der Waals surface area (Å²) in [7, 11) is 1.69. The molecule has 0 saturated heterocycles. The van der Waals surface area contributed by atoms with Crippen molar-refractivity contribution in [1.29, 1.82) is 5.41 Å². The summed E-state index contributed by atoms with van der Waals surface area (Å²) in [6.07, 6.45) is 0.221. The maximum Gasteiger partial charge on any atom is 0.311 e. The first-order valence-electron chi connectivity index (χ1n) is 4.30. The number of carbonyl (C=O) groups is 1. The molecular formula is C8H13N3O2S. The van der Waals surface area contributed by atoms with Crippen LogP contribution in [0.4, 0.5) is 0 Å². The second kappa shape index (κ2) is 4.99. The molecule has 0 amide bonds. The minimum Gasteiger partial charge on any atom is -0.466 e. The van der Waals surface area contributed by atoms with Crippen LogP contribution in [0, 0.1) is 5.41 Å². The summed E-state index contributed by atoms with van der Waals surface area (Å²) >= 11 is 1.37. The number of rotatable bonds is 3. The van der Waals surface area contributed by atoms with E-state index in [0.717, 1.165) is 5.71 Å². The number of nitrogens with zero attached hydrogens (tertiary/aromatic N) is 2. The minimum atomic E-state index is -0.256. The Morgan fingerprint density at radius 3 is 3.07 bits per heavy atom. The normalized spacial score (nSPS) is 16.6. The molecule has 0 bridgehead atoms. The molecule has 0 saturated carbocycles. The minimum absolute atomic E-state index is 0.221. The molecule has 0 unspecified atom stereocenters. The first kappa shape index (κ1) is 11.0. The topological polar surface area (TPSA) is 65.8 Å². The summed E-state index contributed by atoms with van der Waals surface area (Å²) in [4.78, 5) is 11.1. The van der Waals surface area contributed by atoms with Crippen molar-refractivity contribution in [1.82, 2.24) is 5.01 Å². The van der Waals surface area contributed by atoms with Crippen LogP contribution in [0.25, 0.3) is 0 Å². The second-order valence-corrected chi connectivity index (χ2v) is 3.73. The molecule has 1 aliphatic rings. The molecule has 14 heavy (non-hydrogen) atoms. The van der Waals surface area contributed by atoms with Crippen LogP contribution in [-0.4, -0.2) is 41.3 Å². The lowest BCUT2D eigenvalue weighted by Crippen LogP contribution is -2.28. The molecule has 0 radical (unpaired) electrons. The largest absolute Gasteiger partial charge is 0.466 e. The van der Waals surface area contributed by atoms with Crippen LogP contribution in [0.5, 0.6) is 0 Å². The van der Waals surface area contributed by atoms with Gasteiger partial charge in [-0.2, -0.15) is 5.10 Å². The number of nitrogens with one attached hydrogen (secondary N) is 1. The number of hydrogen-bond donors (Lipinski definition) is 1. The SMILES string of the molecule is CCOC(=O)CC1=NN(C)C(=N)SC1. The van der Waals surface area contributed by atoms with Crippen molar-refractivity contribution >= 4 is 28.6 Å². The summed E-state index contributed by atoms with van der Waals surface area (Å²) in [5, 5.41) is 13.4. The molecule has 1 N–H and O–H groups in total. The van der Waals surface area contributed by atoms with E-state index < -0.39 is 0 Å². The van der Waals surface area contributed by atoms with Gasteiger partial charge in [0.15, 0.2) is 5.17 Å². The fraction of sp³-hybridized carbons (Fsp3) is 0.625. The van der Waals surface area contributed by atoms with Gasteiger partial charge >= 0.3 is 5.97 Å². The number of hydrogen-bond acceptors (Lipinski definition) is 5. The highest BCUT2D eigenvalue weighted by Gasteiger charge is 2.17. The Kier molecular flexibility index (Phi) is 3.94. The molecule has 5 nitrogen and oxygen atoms in total. The lowest BCUT2D eigenvalue weighted by molar-refractivity contribution is -0.141. The van der Waals surface area contributed by atoms with Gasteiger partial charge in [0.25, 0.3) is 0 Å². The number of hydrazone groups is 1. The van der Waals surface area contributed by atoms with Gasteiger partial charge in [-0.1, -0.05) is 11.8 Å². The highest BCUT2D eigenvalue weighted by Crippen LogP contribution is 2.14. The van der Waals surface area contributed by atoms with E-state index in [0.29, 0.717) is 17.5 Å². The van der Waals surface area contributed by atoms with Crippen LogP contribution in [0.3, 0.4) is 0 Å². The second-order valence-electron chi connectivity index (χ2n) is 2.77. The molecule has 0 aromatic rings. The molecule has 0 aromatic heterocycles. The zero-order valence-corrected chi connectivity index (χ0v) is 9.06. The lowest BCUT2D eigenvalue weighted by Gasteiger charge is -2.20. The number of carbonyl (C=O) groups excluding carboxylic acids is 1. The van der Waals surface area contributed by atoms with Crippen LogP contribution in [0.15, 0.2) is 5.10 Å². The fourth-order valence-corrected chi connectivity index (χ4v) is 1.69. The Hall–Kier alpha value is -1.04. The third kappa shape index (κ3) is 3.02. The van der Waals surface area contributed by atoms with Crippen molar-refractivity contribution in [3.05, 3.63) is 0 Å². The zero-order valence-electron chi connectivity index (χ0n) is 8.24. The third-order valence-electron chi connectivity index (χ3n) is 1.61. The number of ether oxygens (including phenoxy) is 1. The van der Waals surface area contributed by atoms with E-state index in [-0.39, 0.29) is 12.4 Å². The van der Waals surface area contributed by atoms with Crippen LogP contribution in [-0.2, 0) is 9.53 Å². The van der Waals surface area contributed by atoms with Gasteiger partial charge in [-0.15, -0.1) is 0 Å². The van der Waals surface area contributed by atoms with E-state index in [1.54, 1.807) is 14.0 Å². The smallest absolute Gasteiger partial charge is 0.311 e. The molecule has 0 aromatic carbocycles. The Bertz CT molecular complexity index is 278.